The highest BCUT2D eigenvalue weighted by Crippen LogP contribution is 2.33. The molecule has 1 aliphatic heterocycles. The van der Waals surface area contributed by atoms with Crippen molar-refractivity contribution < 1.29 is 9.13 Å². The molecule has 0 aromatic heterocycles. The molecular weight excluding hydrogens is 229 g/mol. The maximum absolute atomic E-state index is 13.4. The lowest BCUT2D eigenvalue weighted by molar-refractivity contribution is -0.132. The van der Waals surface area contributed by atoms with E-state index >= 15 is 0 Å². The summed E-state index contributed by atoms with van der Waals surface area (Å²) in [5, 5.41) is 3.40. The van der Waals surface area contributed by atoms with Crippen molar-refractivity contribution in [2.75, 3.05) is 13.1 Å². The first-order valence-electron chi connectivity index (χ1n) is 6.57. The Morgan fingerprint density at radius 3 is 2.83 bits per heavy atom. The van der Waals surface area contributed by atoms with Gasteiger partial charge >= 0.3 is 0 Å². The molecule has 0 bridgehead atoms. The zero-order valence-electron chi connectivity index (χ0n) is 11.6. The molecule has 2 rings (SSSR count). The summed E-state index contributed by atoms with van der Waals surface area (Å²) >= 11 is 0. The third-order valence-corrected chi connectivity index (χ3v) is 4.03. The normalized spacial score (nSPS) is 28.7. The van der Waals surface area contributed by atoms with Crippen molar-refractivity contribution in [2.24, 2.45) is 5.92 Å². The molecule has 1 fully saturated rings. The second-order valence-corrected chi connectivity index (χ2v) is 5.71. The Morgan fingerprint density at radius 2 is 2.17 bits per heavy atom. The van der Waals surface area contributed by atoms with Crippen molar-refractivity contribution in [3.63, 3.8) is 0 Å². The summed E-state index contributed by atoms with van der Waals surface area (Å²) in [6.45, 7) is 10.0. The van der Waals surface area contributed by atoms with Crippen LogP contribution >= 0.6 is 0 Å². The molecule has 0 aliphatic carbocycles. The van der Waals surface area contributed by atoms with Gasteiger partial charge in [-0.05, 0) is 43.0 Å². The average molecular weight is 251 g/mol. The molecule has 1 aromatic carbocycles. The first-order valence-corrected chi connectivity index (χ1v) is 6.57. The number of morpholine rings is 1. The Kier molecular flexibility index (Phi) is 3.74. The van der Waals surface area contributed by atoms with E-state index in [1.807, 2.05) is 13.0 Å². The number of hydrogen-bond acceptors (Lipinski definition) is 2. The molecule has 1 N–H and O–H groups in total. The van der Waals surface area contributed by atoms with Gasteiger partial charge in [0.25, 0.3) is 0 Å². The van der Waals surface area contributed by atoms with E-state index in [4.69, 9.17) is 4.74 Å². The topological polar surface area (TPSA) is 21.3 Å². The number of aryl methyl sites for hydroxylation is 1. The molecular formula is C15H22FNO. The van der Waals surface area contributed by atoms with Crippen molar-refractivity contribution in [2.45, 2.75) is 39.4 Å². The van der Waals surface area contributed by atoms with Gasteiger partial charge in [0.15, 0.2) is 0 Å². The number of ether oxygens (including phenoxy) is 1. The number of halogens is 1. The quantitative estimate of drug-likeness (QED) is 0.871. The number of nitrogens with one attached hydrogen (secondary N) is 1. The minimum absolute atomic E-state index is 0.0677. The van der Waals surface area contributed by atoms with Crippen LogP contribution in [0, 0.1) is 18.7 Å². The first-order chi connectivity index (χ1) is 8.42. The minimum atomic E-state index is -0.198. The van der Waals surface area contributed by atoms with Crippen LogP contribution < -0.4 is 5.32 Å². The van der Waals surface area contributed by atoms with Crippen LogP contribution in [0.5, 0.6) is 0 Å². The Hall–Kier alpha value is -0.930. The highest BCUT2D eigenvalue weighted by atomic mass is 19.1. The fraction of sp³-hybridized carbons (Fsp3) is 0.600. The molecule has 0 radical (unpaired) electrons. The lowest BCUT2D eigenvalue weighted by Gasteiger charge is -2.42. The van der Waals surface area contributed by atoms with Crippen LogP contribution in [0.25, 0.3) is 0 Å². The summed E-state index contributed by atoms with van der Waals surface area (Å²) in [5.41, 5.74) is 1.84. The lowest BCUT2D eigenvalue weighted by Crippen LogP contribution is -2.52. The van der Waals surface area contributed by atoms with Gasteiger partial charge in [-0.15, -0.1) is 0 Å². The zero-order valence-corrected chi connectivity index (χ0v) is 11.6. The van der Waals surface area contributed by atoms with Crippen molar-refractivity contribution in [3.05, 3.63) is 35.1 Å². The van der Waals surface area contributed by atoms with E-state index in [1.165, 1.54) is 6.07 Å². The first kappa shape index (κ1) is 13.5. The molecule has 2 unspecified atom stereocenters. The monoisotopic (exact) mass is 251 g/mol. The van der Waals surface area contributed by atoms with Crippen LogP contribution in [0.4, 0.5) is 4.39 Å². The van der Waals surface area contributed by atoms with E-state index in [0.29, 0.717) is 5.92 Å². The van der Waals surface area contributed by atoms with Gasteiger partial charge in [0, 0.05) is 13.1 Å². The van der Waals surface area contributed by atoms with Crippen molar-refractivity contribution in [3.8, 4) is 0 Å². The van der Waals surface area contributed by atoms with Gasteiger partial charge in [0.2, 0.25) is 0 Å². The summed E-state index contributed by atoms with van der Waals surface area (Å²) in [6.07, 6.45) is -0.0677. The second-order valence-electron chi connectivity index (χ2n) is 5.71. The molecule has 1 saturated heterocycles. The Morgan fingerprint density at radius 1 is 1.44 bits per heavy atom. The maximum atomic E-state index is 13.4. The highest BCUT2D eigenvalue weighted by molar-refractivity contribution is 5.29. The second kappa shape index (κ2) is 4.98. The van der Waals surface area contributed by atoms with Crippen LogP contribution in [0.1, 0.15) is 38.0 Å². The summed E-state index contributed by atoms with van der Waals surface area (Å²) < 4.78 is 19.6. The molecule has 2 atom stereocenters. The van der Waals surface area contributed by atoms with Gasteiger partial charge in [-0.3, -0.25) is 0 Å². The van der Waals surface area contributed by atoms with Gasteiger partial charge < -0.3 is 10.1 Å². The number of rotatable bonds is 2. The molecule has 0 spiro atoms. The Bertz CT molecular complexity index is 433. The zero-order chi connectivity index (χ0) is 13.3. The molecule has 1 aromatic rings. The van der Waals surface area contributed by atoms with E-state index < -0.39 is 0 Å². The van der Waals surface area contributed by atoms with Crippen LogP contribution in [-0.2, 0) is 4.74 Å². The molecule has 100 valence electrons. The maximum Gasteiger partial charge on any atom is 0.123 e. The van der Waals surface area contributed by atoms with Gasteiger partial charge in [-0.25, -0.2) is 4.39 Å². The van der Waals surface area contributed by atoms with Crippen molar-refractivity contribution in [1.29, 1.82) is 0 Å². The fourth-order valence-corrected chi connectivity index (χ4v) is 2.33. The van der Waals surface area contributed by atoms with Crippen LogP contribution in [0.2, 0.25) is 0 Å². The van der Waals surface area contributed by atoms with Crippen molar-refractivity contribution in [1.82, 2.24) is 5.32 Å². The third-order valence-electron chi connectivity index (χ3n) is 4.03. The SMILES string of the molecule is Cc1ccc(F)cc1C1CNCC(C)(C(C)C)O1. The number of hydrogen-bond donors (Lipinski definition) is 1. The smallest absolute Gasteiger partial charge is 0.123 e. The average Bonchev–Trinajstić information content (AvgIpc) is 2.32. The molecule has 3 heteroatoms. The van der Waals surface area contributed by atoms with Crippen LogP contribution in [0.15, 0.2) is 18.2 Å². The predicted octanol–water partition coefficient (Wildman–Crippen LogP) is 3.21. The third kappa shape index (κ3) is 2.57. The van der Waals surface area contributed by atoms with E-state index in [2.05, 4.69) is 26.1 Å². The number of benzene rings is 1. The molecule has 18 heavy (non-hydrogen) atoms. The van der Waals surface area contributed by atoms with E-state index in [0.717, 1.165) is 24.2 Å². The van der Waals surface area contributed by atoms with Gasteiger partial charge in [-0.1, -0.05) is 19.9 Å². The molecule has 0 saturated carbocycles. The fourth-order valence-electron chi connectivity index (χ4n) is 2.33. The minimum Gasteiger partial charge on any atom is -0.364 e. The van der Waals surface area contributed by atoms with E-state index in [1.54, 1.807) is 6.07 Å². The van der Waals surface area contributed by atoms with Gasteiger partial charge in [-0.2, -0.15) is 0 Å². The van der Waals surface area contributed by atoms with Gasteiger partial charge in [0.1, 0.15) is 5.82 Å². The predicted molar refractivity (Wildman–Crippen MR) is 71.1 cm³/mol. The molecule has 2 nitrogen and oxygen atoms in total. The van der Waals surface area contributed by atoms with Crippen LogP contribution in [-0.4, -0.2) is 18.7 Å². The highest BCUT2D eigenvalue weighted by Gasteiger charge is 2.36. The largest absolute Gasteiger partial charge is 0.364 e. The Balaban J connectivity index is 2.26. The summed E-state index contributed by atoms with van der Waals surface area (Å²) in [7, 11) is 0. The molecule has 1 heterocycles. The summed E-state index contributed by atoms with van der Waals surface area (Å²) in [5.74, 6) is 0.220. The van der Waals surface area contributed by atoms with Crippen molar-refractivity contribution >= 4 is 0 Å². The lowest BCUT2D eigenvalue weighted by atomic mass is 9.89. The molecule has 1 aliphatic rings. The Labute approximate surface area is 109 Å². The standard InChI is InChI=1S/C15H22FNO/c1-10(2)15(4)9-17-8-14(18-15)13-7-12(16)6-5-11(13)3/h5-7,10,14,17H,8-9H2,1-4H3. The molecule has 0 amide bonds. The van der Waals surface area contributed by atoms with Gasteiger partial charge in [0.05, 0.1) is 11.7 Å². The van der Waals surface area contributed by atoms with E-state index in [-0.39, 0.29) is 17.5 Å². The van der Waals surface area contributed by atoms with Crippen LogP contribution in [0.3, 0.4) is 0 Å². The summed E-state index contributed by atoms with van der Waals surface area (Å²) in [4.78, 5) is 0. The summed E-state index contributed by atoms with van der Waals surface area (Å²) in [6, 6.07) is 4.90. The van der Waals surface area contributed by atoms with E-state index in [9.17, 15) is 4.39 Å².